The minimum atomic E-state index is -0.0707. The van der Waals surface area contributed by atoms with Gasteiger partial charge >= 0.3 is 0 Å². The van der Waals surface area contributed by atoms with Crippen LogP contribution in [0.2, 0.25) is 0 Å². The van der Waals surface area contributed by atoms with Gasteiger partial charge in [-0.3, -0.25) is 0 Å². The van der Waals surface area contributed by atoms with Crippen molar-refractivity contribution in [2.45, 2.75) is 65.4 Å². The van der Waals surface area contributed by atoms with Crippen LogP contribution in [0.1, 0.15) is 59.3 Å². The lowest BCUT2D eigenvalue weighted by Gasteiger charge is -2.55. The van der Waals surface area contributed by atoms with Crippen LogP contribution in [0, 0.1) is 16.7 Å². The van der Waals surface area contributed by atoms with E-state index in [2.05, 4.69) is 20.8 Å². The third-order valence-corrected chi connectivity index (χ3v) is 5.08. The largest absolute Gasteiger partial charge is 0.393 e. The van der Waals surface area contributed by atoms with Gasteiger partial charge in [0.15, 0.2) is 0 Å². The molecular weight excluding hydrogens is 172 g/mol. The zero-order valence-electron chi connectivity index (χ0n) is 9.84. The number of aliphatic hydroxyl groups excluding tert-OH is 1. The molecule has 0 aromatic carbocycles. The lowest BCUT2D eigenvalue weighted by Crippen LogP contribution is -2.51. The average molecular weight is 196 g/mol. The van der Waals surface area contributed by atoms with Gasteiger partial charge in [-0.25, -0.2) is 0 Å². The van der Waals surface area contributed by atoms with Crippen molar-refractivity contribution in [1.82, 2.24) is 0 Å². The second kappa shape index (κ2) is 3.23. The molecule has 1 N–H and O–H groups in total. The molecule has 0 radical (unpaired) electrons. The van der Waals surface area contributed by atoms with E-state index in [0.29, 0.717) is 5.41 Å². The smallest absolute Gasteiger partial charge is 0.0594 e. The number of hydrogen-bond acceptors (Lipinski definition) is 1. The van der Waals surface area contributed by atoms with Gasteiger partial charge in [-0.2, -0.15) is 0 Å². The summed E-state index contributed by atoms with van der Waals surface area (Å²) < 4.78 is 0. The predicted octanol–water partition coefficient (Wildman–Crippen LogP) is 3.36. The first-order valence-corrected chi connectivity index (χ1v) is 6.15. The number of aliphatic hydroxyl groups is 1. The molecule has 2 aliphatic carbocycles. The highest BCUT2D eigenvalue weighted by Crippen LogP contribution is 2.57. The molecule has 0 aliphatic heterocycles. The summed E-state index contributed by atoms with van der Waals surface area (Å²) in [6, 6.07) is 0. The van der Waals surface area contributed by atoms with Crippen LogP contribution in [0.15, 0.2) is 0 Å². The molecule has 0 heterocycles. The fraction of sp³-hybridized carbons (Fsp3) is 1.00. The fourth-order valence-corrected chi connectivity index (χ4v) is 4.04. The van der Waals surface area contributed by atoms with Crippen molar-refractivity contribution in [1.29, 1.82) is 0 Å². The van der Waals surface area contributed by atoms with Gasteiger partial charge in [-0.15, -0.1) is 0 Å². The van der Waals surface area contributed by atoms with Crippen molar-refractivity contribution < 1.29 is 5.11 Å². The molecule has 3 atom stereocenters. The van der Waals surface area contributed by atoms with Crippen molar-refractivity contribution in [3.8, 4) is 0 Å². The van der Waals surface area contributed by atoms with Gasteiger partial charge in [0.05, 0.1) is 6.10 Å². The summed E-state index contributed by atoms with van der Waals surface area (Å²) in [5, 5.41) is 10.1. The second-order valence-corrected chi connectivity index (χ2v) is 6.33. The average Bonchev–Trinajstić information content (AvgIpc) is 2.13. The first-order valence-electron chi connectivity index (χ1n) is 6.15. The van der Waals surface area contributed by atoms with Gasteiger partial charge < -0.3 is 5.11 Å². The summed E-state index contributed by atoms with van der Waals surface area (Å²) in [6.45, 7) is 6.99. The molecule has 0 aromatic heterocycles. The minimum Gasteiger partial charge on any atom is -0.393 e. The van der Waals surface area contributed by atoms with E-state index >= 15 is 0 Å². The van der Waals surface area contributed by atoms with Crippen LogP contribution in [-0.4, -0.2) is 11.2 Å². The van der Waals surface area contributed by atoms with E-state index in [4.69, 9.17) is 0 Å². The van der Waals surface area contributed by atoms with Crippen molar-refractivity contribution >= 4 is 0 Å². The Morgan fingerprint density at radius 1 is 1.00 bits per heavy atom. The van der Waals surface area contributed by atoms with E-state index in [1.165, 1.54) is 32.1 Å². The summed E-state index contributed by atoms with van der Waals surface area (Å²) in [5.74, 6) is 0.743. The van der Waals surface area contributed by atoms with E-state index in [-0.39, 0.29) is 11.5 Å². The van der Waals surface area contributed by atoms with Gasteiger partial charge in [0, 0.05) is 0 Å². The maximum absolute atomic E-state index is 10.1. The van der Waals surface area contributed by atoms with Gasteiger partial charge in [0.25, 0.3) is 0 Å². The van der Waals surface area contributed by atoms with Crippen LogP contribution < -0.4 is 0 Å². The van der Waals surface area contributed by atoms with Crippen LogP contribution in [0.3, 0.4) is 0 Å². The number of fused-ring (bicyclic) bond motifs is 1. The maximum Gasteiger partial charge on any atom is 0.0594 e. The Morgan fingerprint density at radius 3 is 2.43 bits per heavy atom. The van der Waals surface area contributed by atoms with Crippen molar-refractivity contribution in [3.63, 3.8) is 0 Å². The topological polar surface area (TPSA) is 20.2 Å². The molecule has 1 heteroatoms. The minimum absolute atomic E-state index is 0.0707. The molecule has 2 saturated carbocycles. The van der Waals surface area contributed by atoms with Crippen LogP contribution in [-0.2, 0) is 0 Å². The molecule has 2 rings (SSSR count). The van der Waals surface area contributed by atoms with Gasteiger partial charge in [0.2, 0.25) is 0 Å². The van der Waals surface area contributed by atoms with E-state index in [9.17, 15) is 5.11 Å². The summed E-state index contributed by atoms with van der Waals surface area (Å²) in [6.07, 6.45) is 7.67. The molecule has 3 unspecified atom stereocenters. The fourth-order valence-electron chi connectivity index (χ4n) is 4.04. The van der Waals surface area contributed by atoms with Gasteiger partial charge in [-0.1, -0.05) is 33.6 Å². The molecule has 0 aromatic rings. The van der Waals surface area contributed by atoms with Crippen LogP contribution in [0.25, 0.3) is 0 Å². The highest BCUT2D eigenvalue weighted by Gasteiger charge is 2.51. The van der Waals surface area contributed by atoms with Crippen LogP contribution >= 0.6 is 0 Å². The first-order chi connectivity index (χ1) is 6.47. The quantitative estimate of drug-likeness (QED) is 0.630. The third kappa shape index (κ3) is 1.41. The monoisotopic (exact) mass is 196 g/mol. The van der Waals surface area contributed by atoms with Crippen molar-refractivity contribution in [2.75, 3.05) is 0 Å². The highest BCUT2D eigenvalue weighted by molar-refractivity contribution is 5.01. The summed E-state index contributed by atoms with van der Waals surface area (Å²) in [7, 11) is 0. The molecule has 0 spiro atoms. The predicted molar refractivity (Wildman–Crippen MR) is 59.1 cm³/mol. The zero-order valence-corrected chi connectivity index (χ0v) is 9.84. The SMILES string of the molecule is CC12CCCCC1C(C)(C)C(O)CC2. The molecule has 82 valence electrons. The summed E-state index contributed by atoms with van der Waals surface area (Å²) >= 11 is 0. The first kappa shape index (κ1) is 10.5. The molecule has 0 saturated heterocycles. The highest BCUT2D eigenvalue weighted by atomic mass is 16.3. The Morgan fingerprint density at radius 2 is 1.71 bits per heavy atom. The van der Waals surface area contributed by atoms with Crippen LogP contribution in [0.5, 0.6) is 0 Å². The van der Waals surface area contributed by atoms with Crippen molar-refractivity contribution in [2.24, 2.45) is 16.7 Å². The molecular formula is C13H24O. The van der Waals surface area contributed by atoms with E-state index < -0.39 is 0 Å². The molecule has 14 heavy (non-hydrogen) atoms. The Bertz CT molecular complexity index is 217. The Balaban J connectivity index is 2.26. The third-order valence-electron chi connectivity index (χ3n) is 5.08. The number of rotatable bonds is 0. The Hall–Kier alpha value is -0.0400. The van der Waals surface area contributed by atoms with E-state index in [0.717, 1.165) is 12.3 Å². The zero-order chi connectivity index (χ0) is 10.4. The van der Waals surface area contributed by atoms with Gasteiger partial charge in [-0.05, 0) is 42.4 Å². The van der Waals surface area contributed by atoms with Gasteiger partial charge in [0.1, 0.15) is 0 Å². The Kier molecular flexibility index (Phi) is 2.42. The Labute approximate surface area is 87.9 Å². The van der Waals surface area contributed by atoms with Crippen LogP contribution in [0.4, 0.5) is 0 Å². The number of hydrogen-bond donors (Lipinski definition) is 1. The molecule has 2 aliphatic rings. The van der Waals surface area contributed by atoms with E-state index in [1.807, 2.05) is 0 Å². The lowest BCUT2D eigenvalue weighted by molar-refractivity contribution is -0.112. The van der Waals surface area contributed by atoms with E-state index in [1.54, 1.807) is 0 Å². The molecule has 2 fully saturated rings. The maximum atomic E-state index is 10.1. The summed E-state index contributed by atoms with van der Waals surface area (Å²) in [5.41, 5.74) is 0.675. The molecule has 0 bridgehead atoms. The molecule has 1 nitrogen and oxygen atoms in total. The normalized spacial score (nSPS) is 47.1. The standard InChI is InChI=1S/C13H24O/c1-12(2)10-6-4-5-8-13(10,3)9-7-11(12)14/h10-11,14H,4-9H2,1-3H3. The summed E-state index contributed by atoms with van der Waals surface area (Å²) in [4.78, 5) is 0. The lowest BCUT2D eigenvalue weighted by atomic mass is 9.51. The molecule has 0 amide bonds. The second-order valence-electron chi connectivity index (χ2n) is 6.33. The van der Waals surface area contributed by atoms with Crippen molar-refractivity contribution in [3.05, 3.63) is 0 Å².